The van der Waals surface area contributed by atoms with Crippen LogP contribution in [0.3, 0.4) is 0 Å². The maximum absolute atomic E-state index is 3.98. The van der Waals surface area contributed by atoms with Gasteiger partial charge in [0.1, 0.15) is 0 Å². The molecule has 2 heteroatoms. The van der Waals surface area contributed by atoms with Crippen LogP contribution in [0, 0.1) is 0 Å². The lowest BCUT2D eigenvalue weighted by molar-refractivity contribution is 0.472. The standard InChI is InChI=1S/C13H13N.ClH/c1-12-7-5-6-10-14(12)11-13-8-3-2-4-9-13;/h2-10H,1,11H2;1H. The van der Waals surface area contributed by atoms with Gasteiger partial charge < -0.3 is 4.90 Å². The Kier molecular flexibility index (Phi) is 4.19. The minimum atomic E-state index is 0. The molecule has 1 aliphatic rings. The Labute approximate surface area is 96.8 Å². The molecule has 1 heterocycles. The fraction of sp³-hybridized carbons (Fsp3) is 0.0769. The van der Waals surface area contributed by atoms with Crippen LogP contribution >= 0.6 is 12.4 Å². The summed E-state index contributed by atoms with van der Waals surface area (Å²) in [7, 11) is 0. The van der Waals surface area contributed by atoms with E-state index in [1.807, 2.05) is 24.3 Å². The molecule has 0 radical (unpaired) electrons. The van der Waals surface area contributed by atoms with Gasteiger partial charge in [-0.1, -0.05) is 43.0 Å². The number of halogens is 1. The van der Waals surface area contributed by atoms with E-state index < -0.39 is 0 Å². The number of allylic oxidation sites excluding steroid dienone is 3. The Bertz CT molecular complexity index is 379. The summed E-state index contributed by atoms with van der Waals surface area (Å²) in [5.74, 6) is 0. The minimum absolute atomic E-state index is 0. The predicted molar refractivity (Wildman–Crippen MR) is 66.7 cm³/mol. The molecule has 0 bridgehead atoms. The summed E-state index contributed by atoms with van der Waals surface area (Å²) in [6.07, 6.45) is 8.10. The average Bonchev–Trinajstić information content (AvgIpc) is 2.23. The van der Waals surface area contributed by atoms with Crippen LogP contribution in [0.2, 0.25) is 0 Å². The molecule has 2 rings (SSSR count). The van der Waals surface area contributed by atoms with Crippen molar-refractivity contribution in [2.75, 3.05) is 0 Å². The van der Waals surface area contributed by atoms with Crippen LogP contribution in [0.15, 0.2) is 67.0 Å². The molecule has 0 atom stereocenters. The van der Waals surface area contributed by atoms with E-state index in [4.69, 9.17) is 0 Å². The molecule has 0 amide bonds. The van der Waals surface area contributed by atoms with Crippen molar-refractivity contribution >= 4 is 12.4 Å². The minimum Gasteiger partial charge on any atom is -0.344 e. The summed E-state index contributed by atoms with van der Waals surface area (Å²) in [5, 5.41) is 0. The van der Waals surface area contributed by atoms with Gasteiger partial charge >= 0.3 is 0 Å². The lowest BCUT2D eigenvalue weighted by Crippen LogP contribution is -2.15. The maximum Gasteiger partial charge on any atom is 0.0475 e. The number of nitrogens with zero attached hydrogens (tertiary/aromatic N) is 1. The van der Waals surface area contributed by atoms with Crippen molar-refractivity contribution in [2.45, 2.75) is 6.54 Å². The molecular formula is C13H14ClN. The SMILES string of the molecule is C=C1C=CC=CN1Cc1ccccc1.Cl. The maximum atomic E-state index is 3.98. The molecule has 0 aliphatic carbocycles. The first-order valence-electron chi connectivity index (χ1n) is 4.70. The van der Waals surface area contributed by atoms with E-state index in [0.717, 1.165) is 12.2 Å². The zero-order valence-electron chi connectivity index (χ0n) is 8.47. The molecule has 0 saturated heterocycles. The fourth-order valence-corrected chi connectivity index (χ4v) is 1.45. The lowest BCUT2D eigenvalue weighted by Gasteiger charge is -2.22. The Morgan fingerprint density at radius 2 is 1.80 bits per heavy atom. The first kappa shape index (κ1) is 11.6. The van der Waals surface area contributed by atoms with E-state index in [-0.39, 0.29) is 12.4 Å². The summed E-state index contributed by atoms with van der Waals surface area (Å²) in [5.41, 5.74) is 2.34. The Morgan fingerprint density at radius 1 is 1.07 bits per heavy atom. The van der Waals surface area contributed by atoms with Gasteiger partial charge in [-0.2, -0.15) is 0 Å². The van der Waals surface area contributed by atoms with Crippen LogP contribution in [0.1, 0.15) is 5.56 Å². The molecule has 0 unspecified atom stereocenters. The second-order valence-corrected chi connectivity index (χ2v) is 3.31. The molecule has 15 heavy (non-hydrogen) atoms. The van der Waals surface area contributed by atoms with Crippen LogP contribution in [0.4, 0.5) is 0 Å². The zero-order chi connectivity index (χ0) is 9.80. The van der Waals surface area contributed by atoms with E-state index in [9.17, 15) is 0 Å². The van der Waals surface area contributed by atoms with Crippen LogP contribution in [-0.2, 0) is 6.54 Å². The Balaban J connectivity index is 0.00000112. The van der Waals surface area contributed by atoms with Gasteiger partial charge in [-0.05, 0) is 17.7 Å². The van der Waals surface area contributed by atoms with Crippen molar-refractivity contribution in [3.8, 4) is 0 Å². The second kappa shape index (κ2) is 5.42. The molecular weight excluding hydrogens is 206 g/mol. The Morgan fingerprint density at radius 3 is 2.47 bits per heavy atom. The van der Waals surface area contributed by atoms with Crippen LogP contribution in [0.5, 0.6) is 0 Å². The van der Waals surface area contributed by atoms with Gasteiger partial charge in [-0.15, -0.1) is 12.4 Å². The molecule has 0 spiro atoms. The van der Waals surface area contributed by atoms with Crippen LogP contribution in [-0.4, -0.2) is 4.90 Å². The fourth-order valence-electron chi connectivity index (χ4n) is 1.45. The van der Waals surface area contributed by atoms with Crippen LogP contribution in [0.25, 0.3) is 0 Å². The molecule has 1 aromatic carbocycles. The highest BCUT2D eigenvalue weighted by Crippen LogP contribution is 2.14. The van der Waals surface area contributed by atoms with Crippen LogP contribution < -0.4 is 0 Å². The average molecular weight is 220 g/mol. The van der Waals surface area contributed by atoms with E-state index in [2.05, 4.69) is 41.9 Å². The van der Waals surface area contributed by atoms with E-state index >= 15 is 0 Å². The van der Waals surface area contributed by atoms with Crippen molar-refractivity contribution in [3.05, 3.63) is 72.6 Å². The van der Waals surface area contributed by atoms with Gasteiger partial charge in [0.2, 0.25) is 0 Å². The number of rotatable bonds is 2. The van der Waals surface area contributed by atoms with Crippen molar-refractivity contribution in [3.63, 3.8) is 0 Å². The monoisotopic (exact) mass is 219 g/mol. The largest absolute Gasteiger partial charge is 0.344 e. The summed E-state index contributed by atoms with van der Waals surface area (Å²) >= 11 is 0. The van der Waals surface area contributed by atoms with Gasteiger partial charge in [0.25, 0.3) is 0 Å². The summed E-state index contributed by atoms with van der Waals surface area (Å²) in [6.45, 7) is 4.87. The number of benzene rings is 1. The molecule has 0 fully saturated rings. The first-order valence-corrected chi connectivity index (χ1v) is 4.70. The van der Waals surface area contributed by atoms with E-state index in [1.54, 1.807) is 0 Å². The molecule has 78 valence electrons. The molecule has 0 N–H and O–H groups in total. The highest BCUT2D eigenvalue weighted by molar-refractivity contribution is 5.85. The highest BCUT2D eigenvalue weighted by Gasteiger charge is 2.04. The summed E-state index contributed by atoms with van der Waals surface area (Å²) in [4.78, 5) is 2.13. The Hall–Kier alpha value is -1.47. The van der Waals surface area contributed by atoms with Gasteiger partial charge in [0, 0.05) is 18.4 Å². The molecule has 0 aromatic heterocycles. The number of hydrogen-bond donors (Lipinski definition) is 0. The van der Waals surface area contributed by atoms with Gasteiger partial charge in [-0.25, -0.2) is 0 Å². The third kappa shape index (κ3) is 3.00. The van der Waals surface area contributed by atoms with Gasteiger partial charge in [0.15, 0.2) is 0 Å². The molecule has 1 aromatic rings. The number of hydrogen-bond acceptors (Lipinski definition) is 1. The smallest absolute Gasteiger partial charge is 0.0475 e. The highest BCUT2D eigenvalue weighted by atomic mass is 35.5. The quantitative estimate of drug-likeness (QED) is 0.736. The van der Waals surface area contributed by atoms with E-state index in [0.29, 0.717) is 0 Å². The topological polar surface area (TPSA) is 3.24 Å². The van der Waals surface area contributed by atoms with E-state index in [1.165, 1.54) is 5.56 Å². The lowest BCUT2D eigenvalue weighted by atomic mass is 10.2. The van der Waals surface area contributed by atoms with Gasteiger partial charge in [0.05, 0.1) is 0 Å². The van der Waals surface area contributed by atoms with Crippen molar-refractivity contribution < 1.29 is 0 Å². The summed E-state index contributed by atoms with van der Waals surface area (Å²) < 4.78 is 0. The summed E-state index contributed by atoms with van der Waals surface area (Å²) in [6, 6.07) is 10.4. The molecule has 1 nitrogen and oxygen atoms in total. The van der Waals surface area contributed by atoms with Gasteiger partial charge in [-0.3, -0.25) is 0 Å². The third-order valence-electron chi connectivity index (χ3n) is 2.23. The zero-order valence-corrected chi connectivity index (χ0v) is 9.28. The normalized spacial score (nSPS) is 13.9. The predicted octanol–water partition coefficient (Wildman–Crippen LogP) is 3.51. The molecule has 1 aliphatic heterocycles. The third-order valence-corrected chi connectivity index (χ3v) is 2.23. The first-order chi connectivity index (χ1) is 6.86. The van der Waals surface area contributed by atoms with Crippen molar-refractivity contribution in [1.29, 1.82) is 0 Å². The van der Waals surface area contributed by atoms with Crippen molar-refractivity contribution in [2.24, 2.45) is 0 Å². The molecule has 0 saturated carbocycles. The second-order valence-electron chi connectivity index (χ2n) is 3.31. The van der Waals surface area contributed by atoms with Crippen molar-refractivity contribution in [1.82, 2.24) is 4.90 Å².